The SMILES string of the molecule is O=C(Nc1ncc(S(=O)(=O)c2ccc([N+](=O)[O-])cc2)s1)c1ccc([N+](=O)[O-])cc1. The lowest BCUT2D eigenvalue weighted by Crippen LogP contribution is -2.11. The summed E-state index contributed by atoms with van der Waals surface area (Å²) in [6.07, 6.45) is 1.06. The highest BCUT2D eigenvalue weighted by Gasteiger charge is 2.22. The normalized spacial score (nSPS) is 11.0. The zero-order valence-electron chi connectivity index (χ0n) is 14.2. The molecule has 1 N–H and O–H groups in total. The van der Waals surface area contributed by atoms with Crippen molar-refractivity contribution in [1.82, 2.24) is 4.98 Å². The summed E-state index contributed by atoms with van der Waals surface area (Å²) < 4.78 is 25.1. The van der Waals surface area contributed by atoms with Gasteiger partial charge in [-0.25, -0.2) is 13.4 Å². The molecule has 0 spiro atoms. The molecule has 0 saturated heterocycles. The Morgan fingerprint density at radius 2 is 1.45 bits per heavy atom. The lowest BCUT2D eigenvalue weighted by molar-refractivity contribution is -0.385. The van der Waals surface area contributed by atoms with Gasteiger partial charge < -0.3 is 0 Å². The van der Waals surface area contributed by atoms with Crippen LogP contribution in [0.25, 0.3) is 0 Å². The predicted molar refractivity (Wildman–Crippen MR) is 102 cm³/mol. The number of thiazole rings is 1. The predicted octanol–water partition coefficient (Wildman–Crippen LogP) is 3.04. The highest BCUT2D eigenvalue weighted by atomic mass is 32.2. The van der Waals surface area contributed by atoms with Gasteiger partial charge in [-0.15, -0.1) is 0 Å². The number of nitro benzene ring substituents is 2. The molecular formula is C16H10N4O7S2. The number of rotatable bonds is 6. The Kier molecular flexibility index (Phi) is 5.34. The molecule has 0 unspecified atom stereocenters. The monoisotopic (exact) mass is 434 g/mol. The third-order valence-electron chi connectivity index (χ3n) is 3.67. The third kappa shape index (κ3) is 4.25. The van der Waals surface area contributed by atoms with Gasteiger partial charge in [0.15, 0.2) is 5.13 Å². The number of nitrogens with zero attached hydrogens (tertiary/aromatic N) is 3. The Hall–Kier alpha value is -3.71. The molecule has 11 nitrogen and oxygen atoms in total. The lowest BCUT2D eigenvalue weighted by Gasteiger charge is -2.02. The van der Waals surface area contributed by atoms with Gasteiger partial charge >= 0.3 is 0 Å². The van der Waals surface area contributed by atoms with Crippen molar-refractivity contribution >= 4 is 43.6 Å². The number of carbonyl (C=O) groups excluding carboxylic acids is 1. The highest BCUT2D eigenvalue weighted by Crippen LogP contribution is 2.29. The van der Waals surface area contributed by atoms with Crippen LogP contribution in [0.2, 0.25) is 0 Å². The van der Waals surface area contributed by atoms with Crippen LogP contribution in [0.4, 0.5) is 16.5 Å². The molecule has 0 radical (unpaired) electrons. The van der Waals surface area contributed by atoms with E-state index >= 15 is 0 Å². The maximum absolute atomic E-state index is 12.6. The minimum absolute atomic E-state index is 0.00818. The summed E-state index contributed by atoms with van der Waals surface area (Å²) in [6, 6.07) is 9.23. The van der Waals surface area contributed by atoms with Crippen LogP contribution in [0, 0.1) is 20.2 Å². The lowest BCUT2D eigenvalue weighted by atomic mass is 10.2. The first kappa shape index (κ1) is 20.0. The highest BCUT2D eigenvalue weighted by molar-refractivity contribution is 7.93. The van der Waals surface area contributed by atoms with E-state index in [1.807, 2.05) is 0 Å². The van der Waals surface area contributed by atoms with Crippen molar-refractivity contribution in [2.24, 2.45) is 0 Å². The molecule has 29 heavy (non-hydrogen) atoms. The average molecular weight is 434 g/mol. The number of carbonyl (C=O) groups is 1. The number of non-ortho nitro benzene ring substituents is 2. The van der Waals surface area contributed by atoms with E-state index in [9.17, 15) is 33.4 Å². The van der Waals surface area contributed by atoms with Crippen LogP contribution in [0.1, 0.15) is 10.4 Å². The van der Waals surface area contributed by atoms with E-state index in [0.717, 1.165) is 30.5 Å². The minimum atomic E-state index is -3.97. The number of nitrogens with one attached hydrogen (secondary N) is 1. The largest absolute Gasteiger partial charge is 0.298 e. The molecule has 148 valence electrons. The van der Waals surface area contributed by atoms with Crippen molar-refractivity contribution < 1.29 is 23.1 Å². The molecule has 3 aromatic rings. The summed E-state index contributed by atoms with van der Waals surface area (Å²) in [5.41, 5.74) is -0.290. The Balaban J connectivity index is 1.78. The van der Waals surface area contributed by atoms with Gasteiger partial charge in [0.05, 0.1) is 20.9 Å². The summed E-state index contributed by atoms with van der Waals surface area (Å²) in [5, 5.41) is 23.8. The van der Waals surface area contributed by atoms with E-state index in [1.165, 1.54) is 24.3 Å². The van der Waals surface area contributed by atoms with Crippen LogP contribution in [0.15, 0.2) is 63.8 Å². The maximum atomic E-state index is 12.6. The fourth-order valence-corrected chi connectivity index (χ4v) is 4.64. The van der Waals surface area contributed by atoms with Crippen LogP contribution in [0.5, 0.6) is 0 Å². The number of nitro groups is 2. The zero-order chi connectivity index (χ0) is 21.2. The number of amides is 1. The van der Waals surface area contributed by atoms with Crippen LogP contribution in [-0.2, 0) is 9.84 Å². The fourth-order valence-electron chi connectivity index (χ4n) is 2.21. The molecule has 0 saturated carbocycles. The molecule has 3 rings (SSSR count). The first-order valence-corrected chi connectivity index (χ1v) is 9.99. The summed E-state index contributed by atoms with van der Waals surface area (Å²) in [6.45, 7) is 0. The molecule has 1 aromatic heterocycles. The van der Waals surface area contributed by atoms with E-state index < -0.39 is 25.6 Å². The van der Waals surface area contributed by atoms with Crippen LogP contribution in [-0.4, -0.2) is 29.2 Å². The van der Waals surface area contributed by atoms with Gasteiger partial charge in [-0.1, -0.05) is 11.3 Å². The van der Waals surface area contributed by atoms with E-state index in [2.05, 4.69) is 10.3 Å². The van der Waals surface area contributed by atoms with E-state index in [-0.39, 0.29) is 31.2 Å². The van der Waals surface area contributed by atoms with Crippen LogP contribution >= 0.6 is 11.3 Å². The molecule has 2 aromatic carbocycles. The number of benzene rings is 2. The van der Waals surface area contributed by atoms with Gasteiger partial charge in [-0.2, -0.15) is 0 Å². The molecule has 1 amide bonds. The van der Waals surface area contributed by atoms with Crippen molar-refractivity contribution in [3.63, 3.8) is 0 Å². The van der Waals surface area contributed by atoms with Gasteiger partial charge in [0, 0.05) is 29.8 Å². The number of hydrogen-bond acceptors (Lipinski definition) is 9. The first-order chi connectivity index (χ1) is 13.7. The van der Waals surface area contributed by atoms with Crippen molar-refractivity contribution in [2.75, 3.05) is 5.32 Å². The molecule has 0 aliphatic carbocycles. The second kappa shape index (κ2) is 7.73. The Morgan fingerprint density at radius 1 is 0.931 bits per heavy atom. The van der Waals surface area contributed by atoms with Gasteiger partial charge in [-0.3, -0.25) is 30.3 Å². The molecule has 13 heteroatoms. The van der Waals surface area contributed by atoms with Gasteiger partial charge in [0.1, 0.15) is 4.21 Å². The van der Waals surface area contributed by atoms with E-state index in [4.69, 9.17) is 0 Å². The molecule has 0 fully saturated rings. The van der Waals surface area contributed by atoms with E-state index in [0.29, 0.717) is 11.3 Å². The van der Waals surface area contributed by atoms with Gasteiger partial charge in [0.25, 0.3) is 17.3 Å². The Bertz CT molecular complexity index is 1200. The summed E-state index contributed by atoms with van der Waals surface area (Å²) in [5.74, 6) is -0.617. The fraction of sp³-hybridized carbons (Fsp3) is 0. The van der Waals surface area contributed by atoms with E-state index in [1.54, 1.807) is 0 Å². The van der Waals surface area contributed by atoms with Crippen molar-refractivity contribution in [3.8, 4) is 0 Å². The summed E-state index contributed by atoms with van der Waals surface area (Å²) in [4.78, 5) is 36.0. The van der Waals surface area contributed by atoms with Gasteiger partial charge in [-0.05, 0) is 24.3 Å². The van der Waals surface area contributed by atoms with Crippen molar-refractivity contribution in [2.45, 2.75) is 9.10 Å². The molecule has 0 aliphatic heterocycles. The Labute approximate surface area is 166 Å². The van der Waals surface area contributed by atoms with Crippen LogP contribution < -0.4 is 5.32 Å². The molecular weight excluding hydrogens is 424 g/mol. The minimum Gasteiger partial charge on any atom is -0.298 e. The van der Waals surface area contributed by atoms with Crippen LogP contribution in [0.3, 0.4) is 0 Å². The van der Waals surface area contributed by atoms with Crippen molar-refractivity contribution in [1.29, 1.82) is 0 Å². The second-order valence-electron chi connectivity index (χ2n) is 5.50. The second-order valence-corrected chi connectivity index (χ2v) is 8.70. The summed E-state index contributed by atoms with van der Waals surface area (Å²) >= 11 is 0.703. The van der Waals surface area contributed by atoms with Gasteiger partial charge in [0.2, 0.25) is 9.84 Å². The topological polar surface area (TPSA) is 162 Å². The summed E-state index contributed by atoms with van der Waals surface area (Å²) in [7, 11) is -3.97. The number of sulfone groups is 1. The number of anilines is 1. The zero-order valence-corrected chi connectivity index (χ0v) is 15.8. The molecule has 0 atom stereocenters. The standard InChI is InChI=1S/C16H10N4O7S2/c21-15(10-1-3-11(4-2-10)19(22)23)18-16-17-9-14(28-16)29(26,27)13-7-5-12(6-8-13)20(24)25/h1-9H,(H,17,18,21). The Morgan fingerprint density at radius 3 is 1.97 bits per heavy atom. The quantitative estimate of drug-likeness (QED) is 0.457. The first-order valence-electron chi connectivity index (χ1n) is 7.69. The maximum Gasteiger partial charge on any atom is 0.269 e. The number of aromatic nitrogens is 1. The molecule has 0 bridgehead atoms. The molecule has 0 aliphatic rings. The average Bonchev–Trinajstić information content (AvgIpc) is 3.17. The smallest absolute Gasteiger partial charge is 0.269 e. The van der Waals surface area contributed by atoms with Crippen molar-refractivity contribution in [3.05, 3.63) is 80.5 Å². The third-order valence-corrected chi connectivity index (χ3v) is 6.81. The number of hydrogen-bond donors (Lipinski definition) is 1. The molecule has 1 heterocycles.